The van der Waals surface area contributed by atoms with Gasteiger partial charge in [-0.05, 0) is 25.1 Å². The first-order valence-corrected chi connectivity index (χ1v) is 4.29. The maximum Gasteiger partial charge on any atom is 0.166 e. The van der Waals surface area contributed by atoms with Gasteiger partial charge in [0.05, 0.1) is 12.6 Å². The van der Waals surface area contributed by atoms with E-state index >= 15 is 0 Å². The minimum Gasteiger partial charge on any atom is -0.379 e. The van der Waals surface area contributed by atoms with E-state index in [9.17, 15) is 0 Å². The van der Waals surface area contributed by atoms with Gasteiger partial charge in [-0.3, -0.25) is 0 Å². The first-order valence-electron chi connectivity index (χ1n) is 3.89. The van der Waals surface area contributed by atoms with Crippen LogP contribution in [0.5, 0.6) is 0 Å². The molecule has 1 unspecified atom stereocenters. The van der Waals surface area contributed by atoms with Gasteiger partial charge in [0.15, 0.2) is 5.11 Å². The minimum absolute atomic E-state index is 0.406. The van der Waals surface area contributed by atoms with Crippen LogP contribution in [0.4, 0.5) is 0 Å². The van der Waals surface area contributed by atoms with Gasteiger partial charge in [-0.25, -0.2) is 0 Å². The molecule has 0 saturated carbocycles. The van der Waals surface area contributed by atoms with Gasteiger partial charge in [-0.2, -0.15) is 0 Å². The van der Waals surface area contributed by atoms with E-state index in [1.807, 2.05) is 7.05 Å². The molecular formula is C7H14N2OS. The van der Waals surface area contributed by atoms with Crippen molar-refractivity contribution in [3.63, 3.8) is 0 Å². The molecule has 1 rings (SSSR count). The third kappa shape index (κ3) is 3.03. The molecule has 0 spiro atoms. The van der Waals surface area contributed by atoms with Crippen LogP contribution < -0.4 is 10.6 Å². The van der Waals surface area contributed by atoms with Crippen LogP contribution in [0.1, 0.15) is 12.8 Å². The number of rotatable bonds is 1. The average molecular weight is 174 g/mol. The maximum atomic E-state index is 5.28. The Labute approximate surface area is 72.5 Å². The summed E-state index contributed by atoms with van der Waals surface area (Å²) in [6, 6.07) is 0.406. The molecule has 2 N–H and O–H groups in total. The lowest BCUT2D eigenvalue weighted by molar-refractivity contribution is 0.0764. The zero-order valence-electron chi connectivity index (χ0n) is 6.72. The summed E-state index contributed by atoms with van der Waals surface area (Å²) in [6.45, 7) is 1.67. The average Bonchev–Trinajstić information content (AvgIpc) is 2.06. The number of ether oxygens (including phenoxy) is 1. The largest absolute Gasteiger partial charge is 0.379 e. The van der Waals surface area contributed by atoms with Crippen molar-refractivity contribution in [2.45, 2.75) is 18.9 Å². The quantitative estimate of drug-likeness (QED) is 0.559. The van der Waals surface area contributed by atoms with Gasteiger partial charge in [0.1, 0.15) is 0 Å². The van der Waals surface area contributed by atoms with Gasteiger partial charge in [0.2, 0.25) is 0 Å². The SMILES string of the molecule is CNC(=S)NC1CCCOC1. The summed E-state index contributed by atoms with van der Waals surface area (Å²) in [5, 5.41) is 6.75. The lowest BCUT2D eigenvalue weighted by atomic mass is 10.1. The second-order valence-corrected chi connectivity index (χ2v) is 3.05. The zero-order valence-corrected chi connectivity index (χ0v) is 7.54. The summed E-state index contributed by atoms with van der Waals surface area (Å²) >= 11 is 4.96. The van der Waals surface area contributed by atoms with Gasteiger partial charge in [0.25, 0.3) is 0 Å². The topological polar surface area (TPSA) is 33.3 Å². The molecule has 3 nitrogen and oxygen atoms in total. The molecule has 1 saturated heterocycles. The Balaban J connectivity index is 2.19. The first-order chi connectivity index (χ1) is 5.33. The van der Waals surface area contributed by atoms with E-state index in [0.29, 0.717) is 11.2 Å². The summed E-state index contributed by atoms with van der Waals surface area (Å²) < 4.78 is 5.28. The van der Waals surface area contributed by atoms with Gasteiger partial charge in [0, 0.05) is 13.7 Å². The Hall–Kier alpha value is -0.350. The van der Waals surface area contributed by atoms with Gasteiger partial charge >= 0.3 is 0 Å². The second kappa shape index (κ2) is 4.51. The first kappa shape index (κ1) is 8.74. The highest BCUT2D eigenvalue weighted by atomic mass is 32.1. The van der Waals surface area contributed by atoms with E-state index in [2.05, 4.69) is 10.6 Å². The molecule has 1 heterocycles. The third-order valence-electron chi connectivity index (χ3n) is 1.72. The monoisotopic (exact) mass is 174 g/mol. The Morgan fingerprint density at radius 1 is 1.64 bits per heavy atom. The fraction of sp³-hybridized carbons (Fsp3) is 0.857. The summed E-state index contributed by atoms with van der Waals surface area (Å²) in [4.78, 5) is 0. The normalized spacial score (nSPS) is 24.3. The molecule has 0 aromatic rings. The van der Waals surface area contributed by atoms with Gasteiger partial charge in [-0.1, -0.05) is 0 Å². The highest BCUT2D eigenvalue weighted by molar-refractivity contribution is 7.80. The highest BCUT2D eigenvalue weighted by Crippen LogP contribution is 2.04. The van der Waals surface area contributed by atoms with Crippen LogP contribution in [0.3, 0.4) is 0 Å². The molecule has 0 radical (unpaired) electrons. The molecule has 4 heteroatoms. The predicted molar refractivity (Wildman–Crippen MR) is 48.6 cm³/mol. The number of hydrogen-bond acceptors (Lipinski definition) is 2. The maximum absolute atomic E-state index is 5.28. The minimum atomic E-state index is 0.406. The van der Waals surface area contributed by atoms with E-state index < -0.39 is 0 Å². The summed E-state index contributed by atoms with van der Waals surface area (Å²) in [7, 11) is 1.82. The molecule has 64 valence electrons. The molecule has 0 amide bonds. The third-order valence-corrected chi connectivity index (χ3v) is 2.04. The number of hydrogen-bond donors (Lipinski definition) is 2. The molecule has 1 aliphatic rings. The smallest absolute Gasteiger partial charge is 0.166 e. The van der Waals surface area contributed by atoms with Crippen molar-refractivity contribution in [3.8, 4) is 0 Å². The van der Waals surface area contributed by atoms with Crippen LogP contribution in [0.2, 0.25) is 0 Å². The Morgan fingerprint density at radius 3 is 3.00 bits per heavy atom. The molecule has 0 aromatic heterocycles. The molecule has 1 fully saturated rings. The summed E-state index contributed by atoms with van der Waals surface area (Å²) in [5.41, 5.74) is 0. The zero-order chi connectivity index (χ0) is 8.10. The molecule has 1 aliphatic heterocycles. The second-order valence-electron chi connectivity index (χ2n) is 2.64. The predicted octanol–water partition coefficient (Wildman–Crippen LogP) is 0.259. The number of nitrogens with one attached hydrogen (secondary N) is 2. The van der Waals surface area contributed by atoms with Crippen molar-refractivity contribution in [1.82, 2.24) is 10.6 Å². The number of thiocarbonyl (C=S) groups is 1. The van der Waals surface area contributed by atoms with Crippen molar-refractivity contribution in [2.75, 3.05) is 20.3 Å². The van der Waals surface area contributed by atoms with Crippen LogP contribution in [0, 0.1) is 0 Å². The van der Waals surface area contributed by atoms with Gasteiger partial charge in [-0.15, -0.1) is 0 Å². The van der Waals surface area contributed by atoms with E-state index in [0.717, 1.165) is 26.1 Å². The fourth-order valence-corrected chi connectivity index (χ4v) is 1.28. The molecule has 0 aliphatic carbocycles. The Morgan fingerprint density at radius 2 is 2.45 bits per heavy atom. The van der Waals surface area contributed by atoms with Crippen molar-refractivity contribution >= 4 is 17.3 Å². The highest BCUT2D eigenvalue weighted by Gasteiger charge is 2.13. The van der Waals surface area contributed by atoms with E-state index in [4.69, 9.17) is 17.0 Å². The van der Waals surface area contributed by atoms with E-state index in [-0.39, 0.29) is 0 Å². The fourth-order valence-electron chi connectivity index (χ4n) is 1.11. The van der Waals surface area contributed by atoms with Crippen molar-refractivity contribution in [1.29, 1.82) is 0 Å². The lowest BCUT2D eigenvalue weighted by Gasteiger charge is -2.23. The molecule has 0 bridgehead atoms. The van der Waals surface area contributed by atoms with E-state index in [1.54, 1.807) is 0 Å². The molecule has 1 atom stereocenters. The van der Waals surface area contributed by atoms with Gasteiger partial charge < -0.3 is 15.4 Å². The van der Waals surface area contributed by atoms with Crippen LogP contribution in [0.15, 0.2) is 0 Å². The lowest BCUT2D eigenvalue weighted by Crippen LogP contribution is -2.44. The Kier molecular flexibility index (Phi) is 3.59. The van der Waals surface area contributed by atoms with Crippen LogP contribution in [0.25, 0.3) is 0 Å². The standard InChI is InChI=1S/C7H14N2OS/c1-8-7(11)9-6-3-2-4-10-5-6/h6H,2-5H2,1H3,(H2,8,9,11). The summed E-state index contributed by atoms with van der Waals surface area (Å²) in [6.07, 6.45) is 2.28. The summed E-state index contributed by atoms with van der Waals surface area (Å²) in [5.74, 6) is 0. The van der Waals surface area contributed by atoms with Crippen molar-refractivity contribution < 1.29 is 4.74 Å². The molecular weight excluding hydrogens is 160 g/mol. The molecule has 11 heavy (non-hydrogen) atoms. The van der Waals surface area contributed by atoms with Crippen LogP contribution in [-0.2, 0) is 4.74 Å². The Bertz CT molecular complexity index is 134. The van der Waals surface area contributed by atoms with Crippen molar-refractivity contribution in [3.05, 3.63) is 0 Å². The van der Waals surface area contributed by atoms with Crippen molar-refractivity contribution in [2.24, 2.45) is 0 Å². The van der Waals surface area contributed by atoms with E-state index in [1.165, 1.54) is 0 Å². The van der Waals surface area contributed by atoms with Crippen LogP contribution >= 0.6 is 12.2 Å². The molecule has 0 aromatic carbocycles. The van der Waals surface area contributed by atoms with Crippen LogP contribution in [-0.4, -0.2) is 31.4 Å².